The van der Waals surface area contributed by atoms with E-state index < -0.39 is 5.41 Å². The van der Waals surface area contributed by atoms with Gasteiger partial charge in [0.15, 0.2) is 0 Å². The summed E-state index contributed by atoms with van der Waals surface area (Å²) < 4.78 is 6.45. The normalized spacial score (nSPS) is 24.1. The van der Waals surface area contributed by atoms with Crippen molar-refractivity contribution in [2.75, 3.05) is 7.11 Å². The number of methoxy groups -OCH3 is 1. The molecule has 0 spiro atoms. The Morgan fingerprint density at radius 2 is 2.00 bits per heavy atom. The summed E-state index contributed by atoms with van der Waals surface area (Å²) >= 11 is 3.48. The molecule has 2 aromatic rings. The number of hydrazine groups is 1. The fourth-order valence-electron chi connectivity index (χ4n) is 5.31. The average molecular weight is 471 g/mol. The van der Waals surface area contributed by atoms with Gasteiger partial charge in [0, 0.05) is 10.0 Å². The number of nitrogens with one attached hydrogen (secondary N) is 2. The van der Waals surface area contributed by atoms with E-state index in [-0.39, 0.29) is 23.7 Å². The van der Waals surface area contributed by atoms with Crippen LogP contribution in [0, 0.1) is 16.7 Å². The molecule has 30 heavy (non-hydrogen) atoms. The van der Waals surface area contributed by atoms with E-state index in [9.17, 15) is 9.59 Å². The number of carbonyl (C=O) groups excluding carboxylic acids is 2. The van der Waals surface area contributed by atoms with E-state index in [1.165, 1.54) is 0 Å². The molecular weight excluding hydrogens is 444 g/mol. The molecule has 5 nitrogen and oxygen atoms in total. The van der Waals surface area contributed by atoms with Crippen molar-refractivity contribution < 1.29 is 14.3 Å². The van der Waals surface area contributed by atoms with Crippen LogP contribution in [-0.2, 0) is 16.0 Å². The molecule has 2 aliphatic rings. The molecule has 2 saturated carbocycles. The number of hydrogen-bond acceptors (Lipinski definition) is 3. The predicted octanol–water partition coefficient (Wildman–Crippen LogP) is 4.68. The lowest BCUT2D eigenvalue weighted by molar-refractivity contribution is -0.133. The highest BCUT2D eigenvalue weighted by Crippen LogP contribution is 2.65. The molecule has 6 heteroatoms. The van der Waals surface area contributed by atoms with Crippen LogP contribution in [-0.4, -0.2) is 18.9 Å². The van der Waals surface area contributed by atoms with Crippen LogP contribution in [0.5, 0.6) is 5.75 Å². The molecule has 2 bridgehead atoms. The summed E-state index contributed by atoms with van der Waals surface area (Å²) in [7, 11) is 1.59. The van der Waals surface area contributed by atoms with Gasteiger partial charge in [0.05, 0.1) is 18.9 Å². The summed E-state index contributed by atoms with van der Waals surface area (Å²) in [6.45, 7) is 8.58. The van der Waals surface area contributed by atoms with Gasteiger partial charge in [-0.15, -0.1) is 0 Å². The smallest absolute Gasteiger partial charge is 0.248 e. The van der Waals surface area contributed by atoms with E-state index in [1.54, 1.807) is 7.11 Å². The zero-order valence-corrected chi connectivity index (χ0v) is 19.2. The Balaban J connectivity index is 1.49. The lowest BCUT2D eigenvalue weighted by Gasteiger charge is -2.37. The van der Waals surface area contributed by atoms with Crippen molar-refractivity contribution in [3.63, 3.8) is 0 Å². The molecule has 2 fully saturated rings. The van der Waals surface area contributed by atoms with Crippen molar-refractivity contribution in [1.82, 2.24) is 10.9 Å². The molecule has 4 rings (SSSR count). The minimum absolute atomic E-state index is 0.0375. The van der Waals surface area contributed by atoms with Crippen molar-refractivity contribution in [2.24, 2.45) is 16.7 Å². The van der Waals surface area contributed by atoms with E-state index >= 15 is 0 Å². The van der Waals surface area contributed by atoms with Crippen molar-refractivity contribution in [3.8, 4) is 5.75 Å². The molecule has 0 radical (unpaired) electrons. The second-order valence-electron chi connectivity index (χ2n) is 9.01. The molecule has 2 aromatic carbocycles. The van der Waals surface area contributed by atoms with Gasteiger partial charge in [-0.05, 0) is 59.6 Å². The fraction of sp³-hybridized carbons (Fsp3) is 0.417. The van der Waals surface area contributed by atoms with Crippen LogP contribution < -0.4 is 15.6 Å². The van der Waals surface area contributed by atoms with Gasteiger partial charge in [0.1, 0.15) is 5.75 Å². The molecular formula is C24H27BrN2O3. The van der Waals surface area contributed by atoms with E-state index in [1.807, 2.05) is 30.3 Å². The van der Waals surface area contributed by atoms with E-state index in [0.29, 0.717) is 11.7 Å². The zero-order valence-electron chi connectivity index (χ0n) is 17.6. The number of carbonyl (C=O) groups is 2. The number of ether oxygens (including phenoxy) is 1. The summed E-state index contributed by atoms with van der Waals surface area (Å²) in [6, 6.07) is 9.73. The summed E-state index contributed by atoms with van der Waals surface area (Å²) in [5, 5.41) is 1.96. The molecule has 2 amide bonds. The number of fused-ring (bicyclic) bond motifs is 3. The Kier molecular flexibility index (Phi) is 5.17. The number of benzene rings is 2. The third kappa shape index (κ3) is 3.22. The number of hydrogen-bond donors (Lipinski definition) is 2. The van der Waals surface area contributed by atoms with Crippen LogP contribution in [0.2, 0.25) is 0 Å². The lowest BCUT2D eigenvalue weighted by Crippen LogP contribution is -2.49. The Hall–Kier alpha value is -2.34. The summed E-state index contributed by atoms with van der Waals surface area (Å²) in [5.74, 6) is 0.689. The Morgan fingerprint density at radius 1 is 1.23 bits per heavy atom. The molecule has 2 N–H and O–H groups in total. The van der Waals surface area contributed by atoms with Crippen molar-refractivity contribution in [1.29, 1.82) is 0 Å². The van der Waals surface area contributed by atoms with Gasteiger partial charge in [0.25, 0.3) is 0 Å². The van der Waals surface area contributed by atoms with Crippen LogP contribution in [0.1, 0.15) is 38.7 Å². The van der Waals surface area contributed by atoms with Gasteiger partial charge in [-0.3, -0.25) is 20.4 Å². The van der Waals surface area contributed by atoms with Crippen LogP contribution in [0.4, 0.5) is 0 Å². The number of rotatable bonds is 4. The third-order valence-corrected chi connectivity index (χ3v) is 7.74. The maximum Gasteiger partial charge on any atom is 0.248 e. The topological polar surface area (TPSA) is 67.4 Å². The van der Waals surface area contributed by atoms with Crippen LogP contribution in [0.25, 0.3) is 10.8 Å². The van der Waals surface area contributed by atoms with Gasteiger partial charge >= 0.3 is 0 Å². The van der Waals surface area contributed by atoms with E-state index in [4.69, 9.17) is 4.74 Å². The van der Waals surface area contributed by atoms with E-state index in [2.05, 4.69) is 47.2 Å². The standard InChI is InChI=1S/C24H27BrN2O3/c1-14-23(2,3)16-9-10-24(14,13-16)22(29)27-26-21(28)12-19-18-7-6-17(25)11-15(18)5-8-20(19)30-4/h5-8,11,16H,1,9-10,12-13H2,2-4H3,(H,26,28)(H,27,29). The maximum absolute atomic E-state index is 13.0. The Bertz CT molecular complexity index is 1060. The summed E-state index contributed by atoms with van der Waals surface area (Å²) in [5.41, 5.74) is 6.47. The molecule has 2 aliphatic carbocycles. The van der Waals surface area contributed by atoms with Crippen LogP contribution >= 0.6 is 15.9 Å². The monoisotopic (exact) mass is 470 g/mol. The quantitative estimate of drug-likeness (QED) is 0.503. The number of halogens is 1. The zero-order chi connectivity index (χ0) is 21.7. The van der Waals surface area contributed by atoms with Crippen LogP contribution in [0.3, 0.4) is 0 Å². The fourth-order valence-corrected chi connectivity index (χ4v) is 5.69. The first-order valence-corrected chi connectivity index (χ1v) is 11.0. The number of amides is 2. The van der Waals surface area contributed by atoms with Gasteiger partial charge in [-0.1, -0.05) is 54.1 Å². The highest BCUT2D eigenvalue weighted by molar-refractivity contribution is 9.10. The molecule has 158 valence electrons. The molecule has 2 atom stereocenters. The third-order valence-electron chi connectivity index (χ3n) is 7.25. The predicted molar refractivity (Wildman–Crippen MR) is 121 cm³/mol. The van der Waals surface area contributed by atoms with Gasteiger partial charge in [0.2, 0.25) is 11.8 Å². The summed E-state index contributed by atoms with van der Waals surface area (Å²) in [6.07, 6.45) is 2.74. The second-order valence-corrected chi connectivity index (χ2v) is 9.93. The van der Waals surface area contributed by atoms with E-state index in [0.717, 1.165) is 45.6 Å². The minimum Gasteiger partial charge on any atom is -0.496 e. The molecule has 0 aromatic heterocycles. The lowest BCUT2D eigenvalue weighted by atomic mass is 9.68. The van der Waals surface area contributed by atoms with Gasteiger partial charge in [-0.25, -0.2) is 0 Å². The first-order chi connectivity index (χ1) is 14.2. The first kappa shape index (κ1) is 20.9. The minimum atomic E-state index is -0.565. The SMILES string of the molecule is C=C1C2(C(=O)NNC(=O)Cc3c(OC)ccc4cc(Br)ccc34)CCC(C2)C1(C)C. The molecule has 0 heterocycles. The van der Waals surface area contributed by atoms with Gasteiger partial charge < -0.3 is 4.74 Å². The van der Waals surface area contributed by atoms with Crippen LogP contribution in [0.15, 0.2) is 47.0 Å². The van der Waals surface area contributed by atoms with Crippen molar-refractivity contribution in [2.45, 2.75) is 39.5 Å². The highest BCUT2D eigenvalue weighted by atomic mass is 79.9. The average Bonchev–Trinajstić information content (AvgIpc) is 3.25. The Labute approximate surface area is 185 Å². The second kappa shape index (κ2) is 7.41. The maximum atomic E-state index is 13.0. The molecule has 0 saturated heterocycles. The summed E-state index contributed by atoms with van der Waals surface area (Å²) in [4.78, 5) is 25.7. The molecule has 0 aliphatic heterocycles. The molecule has 2 unspecified atom stereocenters. The first-order valence-electron chi connectivity index (χ1n) is 10.2. The van der Waals surface area contributed by atoms with Gasteiger partial charge in [-0.2, -0.15) is 0 Å². The largest absolute Gasteiger partial charge is 0.496 e. The highest BCUT2D eigenvalue weighted by Gasteiger charge is 2.60. The van der Waals surface area contributed by atoms with Crippen molar-refractivity contribution in [3.05, 3.63) is 52.5 Å². The van der Waals surface area contributed by atoms with Crippen molar-refractivity contribution >= 4 is 38.5 Å². The Morgan fingerprint density at radius 3 is 2.67 bits per heavy atom.